The topological polar surface area (TPSA) is 0 Å². The van der Waals surface area contributed by atoms with Gasteiger partial charge in [0.15, 0.2) is 0 Å². The lowest BCUT2D eigenvalue weighted by Crippen LogP contribution is -2.14. The summed E-state index contributed by atoms with van der Waals surface area (Å²) in [4.78, 5) is 0. The Morgan fingerprint density at radius 2 is 0.800 bits per heavy atom. The largest absolute Gasteiger partial charge is 0.0622 e. The van der Waals surface area contributed by atoms with Crippen molar-refractivity contribution in [3.63, 3.8) is 0 Å². The quantitative estimate of drug-likeness (QED) is 0.185. The van der Waals surface area contributed by atoms with Crippen LogP contribution in [0, 0.1) is 0 Å². The summed E-state index contributed by atoms with van der Waals surface area (Å²) in [5, 5.41) is 7.75. The summed E-state index contributed by atoms with van der Waals surface area (Å²) >= 11 is 0. The highest BCUT2D eigenvalue weighted by molar-refractivity contribution is 6.21. The first kappa shape index (κ1) is 26.0. The molecule has 0 aromatic heterocycles. The molecule has 0 heterocycles. The second-order valence-electron chi connectivity index (χ2n) is 12.8. The molecule has 0 fully saturated rings. The second kappa shape index (κ2) is 9.78. The molecule has 0 nitrogen and oxygen atoms in total. The fraction of sp³-hybridized carbons (Fsp3) is 0.0667. The fourth-order valence-corrected chi connectivity index (χ4v) is 8.01. The lowest BCUT2D eigenvalue weighted by molar-refractivity contribution is 0.661. The maximum Gasteiger partial charge on any atom is 0.0159 e. The van der Waals surface area contributed by atoms with Crippen molar-refractivity contribution in [3.8, 4) is 44.5 Å². The van der Waals surface area contributed by atoms with Gasteiger partial charge in [-0.15, -0.1) is 0 Å². The standard InChI is InChI=1S/C45H32/c1-45(2)40-25-11-10-22-39(40)44-34-24-13-23-32(33(34)26-27-41(44)45)30-16-12-17-31(28-30)43-37-20-8-6-18-35(37)42(29-14-4-3-5-15-29)36-19-7-9-21-38(36)43/h3-28H,1-2H3. The summed E-state index contributed by atoms with van der Waals surface area (Å²) in [5.41, 5.74) is 13.2. The van der Waals surface area contributed by atoms with Crippen molar-refractivity contribution in [1.82, 2.24) is 0 Å². The molecule has 212 valence electrons. The molecular formula is C45H32. The van der Waals surface area contributed by atoms with E-state index in [1.54, 1.807) is 0 Å². The van der Waals surface area contributed by atoms with Gasteiger partial charge in [0.1, 0.15) is 0 Å². The van der Waals surface area contributed by atoms with E-state index in [0.717, 1.165) is 0 Å². The van der Waals surface area contributed by atoms with Crippen molar-refractivity contribution in [1.29, 1.82) is 0 Å². The Labute approximate surface area is 264 Å². The van der Waals surface area contributed by atoms with Crippen LogP contribution in [0.1, 0.15) is 25.0 Å². The average Bonchev–Trinajstić information content (AvgIpc) is 3.33. The van der Waals surface area contributed by atoms with E-state index in [1.165, 1.54) is 88.0 Å². The van der Waals surface area contributed by atoms with Gasteiger partial charge in [0.25, 0.3) is 0 Å². The summed E-state index contributed by atoms with van der Waals surface area (Å²) < 4.78 is 0. The van der Waals surface area contributed by atoms with Gasteiger partial charge in [-0.05, 0) is 94.0 Å². The Hall–Kier alpha value is -5.46. The SMILES string of the molecule is CC1(C)c2ccccc2-c2c1ccc1c(-c3cccc(-c4c5ccccc5c(-c5ccccc5)c5ccccc45)c3)cccc21. The zero-order chi connectivity index (χ0) is 30.1. The predicted octanol–water partition coefficient (Wildman–Crippen LogP) is 12.5. The smallest absolute Gasteiger partial charge is 0.0159 e. The Morgan fingerprint density at radius 1 is 0.311 bits per heavy atom. The Bertz CT molecular complexity index is 2390. The molecule has 9 rings (SSSR count). The Morgan fingerprint density at radius 3 is 1.51 bits per heavy atom. The van der Waals surface area contributed by atoms with E-state index >= 15 is 0 Å². The van der Waals surface area contributed by atoms with E-state index < -0.39 is 0 Å². The van der Waals surface area contributed by atoms with Crippen LogP contribution in [0.4, 0.5) is 0 Å². The molecule has 0 atom stereocenters. The summed E-state index contributed by atoms with van der Waals surface area (Å²) in [5.74, 6) is 0. The Balaban J connectivity index is 1.29. The lowest BCUT2D eigenvalue weighted by atomic mass is 9.81. The van der Waals surface area contributed by atoms with E-state index in [9.17, 15) is 0 Å². The normalized spacial score (nSPS) is 13.3. The molecule has 45 heavy (non-hydrogen) atoms. The molecule has 1 aliphatic carbocycles. The van der Waals surface area contributed by atoms with Crippen LogP contribution in [-0.4, -0.2) is 0 Å². The summed E-state index contributed by atoms with van der Waals surface area (Å²) in [7, 11) is 0. The summed E-state index contributed by atoms with van der Waals surface area (Å²) in [6.45, 7) is 4.71. The average molecular weight is 573 g/mol. The zero-order valence-corrected chi connectivity index (χ0v) is 25.5. The number of rotatable bonds is 3. The van der Waals surface area contributed by atoms with Gasteiger partial charge in [-0.1, -0.05) is 166 Å². The minimum atomic E-state index is -0.00986. The highest BCUT2D eigenvalue weighted by atomic mass is 14.4. The van der Waals surface area contributed by atoms with Crippen LogP contribution < -0.4 is 0 Å². The minimum Gasteiger partial charge on any atom is -0.0622 e. The molecule has 1 aliphatic rings. The number of benzene rings is 8. The van der Waals surface area contributed by atoms with Gasteiger partial charge < -0.3 is 0 Å². The monoisotopic (exact) mass is 572 g/mol. The molecule has 0 amide bonds. The van der Waals surface area contributed by atoms with E-state index in [-0.39, 0.29) is 5.41 Å². The maximum atomic E-state index is 2.40. The second-order valence-corrected chi connectivity index (χ2v) is 12.8. The van der Waals surface area contributed by atoms with Gasteiger partial charge in [0.05, 0.1) is 0 Å². The van der Waals surface area contributed by atoms with Crippen LogP contribution in [0.2, 0.25) is 0 Å². The van der Waals surface area contributed by atoms with Crippen molar-refractivity contribution < 1.29 is 0 Å². The van der Waals surface area contributed by atoms with Crippen molar-refractivity contribution in [2.24, 2.45) is 0 Å². The minimum absolute atomic E-state index is 0.00986. The van der Waals surface area contributed by atoms with Gasteiger partial charge in [-0.3, -0.25) is 0 Å². The third-order valence-electron chi connectivity index (χ3n) is 10.1. The van der Waals surface area contributed by atoms with E-state index in [4.69, 9.17) is 0 Å². The molecule has 0 heteroatoms. The van der Waals surface area contributed by atoms with Crippen LogP contribution in [0.25, 0.3) is 76.8 Å². The van der Waals surface area contributed by atoms with Gasteiger partial charge >= 0.3 is 0 Å². The van der Waals surface area contributed by atoms with Crippen LogP contribution in [0.5, 0.6) is 0 Å². The van der Waals surface area contributed by atoms with E-state index in [1.807, 2.05) is 0 Å². The molecule has 0 spiro atoms. The predicted molar refractivity (Wildman–Crippen MR) is 193 cm³/mol. The van der Waals surface area contributed by atoms with Crippen molar-refractivity contribution in [2.45, 2.75) is 19.3 Å². The van der Waals surface area contributed by atoms with Crippen LogP contribution in [-0.2, 0) is 5.41 Å². The molecule has 0 radical (unpaired) electrons. The molecule has 0 saturated carbocycles. The van der Waals surface area contributed by atoms with Crippen molar-refractivity contribution in [2.75, 3.05) is 0 Å². The molecule has 0 aliphatic heterocycles. The molecule has 8 aromatic carbocycles. The van der Waals surface area contributed by atoms with Crippen LogP contribution in [0.15, 0.2) is 158 Å². The number of hydrogen-bond acceptors (Lipinski definition) is 0. The van der Waals surface area contributed by atoms with Gasteiger partial charge in [-0.2, -0.15) is 0 Å². The highest BCUT2D eigenvalue weighted by Gasteiger charge is 2.36. The molecule has 0 N–H and O–H groups in total. The Kier molecular flexibility index (Phi) is 5.64. The maximum absolute atomic E-state index is 2.40. The lowest BCUT2D eigenvalue weighted by Gasteiger charge is -2.21. The first-order valence-corrected chi connectivity index (χ1v) is 15.9. The number of fused-ring (bicyclic) bond motifs is 7. The molecule has 0 bridgehead atoms. The summed E-state index contributed by atoms with van der Waals surface area (Å²) in [6.07, 6.45) is 0. The molecule has 0 unspecified atom stereocenters. The first-order valence-electron chi connectivity index (χ1n) is 15.9. The molecule has 8 aromatic rings. The van der Waals surface area contributed by atoms with Gasteiger partial charge in [-0.25, -0.2) is 0 Å². The third-order valence-corrected chi connectivity index (χ3v) is 10.1. The van der Waals surface area contributed by atoms with E-state index in [0.29, 0.717) is 0 Å². The molecular weight excluding hydrogens is 540 g/mol. The van der Waals surface area contributed by atoms with Gasteiger partial charge in [0.2, 0.25) is 0 Å². The van der Waals surface area contributed by atoms with E-state index in [2.05, 4.69) is 172 Å². The third kappa shape index (κ3) is 3.79. The highest BCUT2D eigenvalue weighted by Crippen LogP contribution is 2.52. The number of hydrogen-bond donors (Lipinski definition) is 0. The van der Waals surface area contributed by atoms with Crippen molar-refractivity contribution in [3.05, 3.63) is 169 Å². The fourth-order valence-electron chi connectivity index (χ4n) is 8.01. The van der Waals surface area contributed by atoms with Crippen molar-refractivity contribution >= 4 is 32.3 Å². The zero-order valence-electron chi connectivity index (χ0n) is 25.5. The molecule has 0 saturated heterocycles. The van der Waals surface area contributed by atoms with Gasteiger partial charge in [0, 0.05) is 5.41 Å². The van der Waals surface area contributed by atoms with Crippen LogP contribution >= 0.6 is 0 Å². The first-order chi connectivity index (χ1) is 22.1. The van der Waals surface area contributed by atoms with Crippen LogP contribution in [0.3, 0.4) is 0 Å². The summed E-state index contributed by atoms with van der Waals surface area (Å²) in [6, 6.07) is 58.3.